The molecule has 1 aliphatic carbocycles. The first kappa shape index (κ1) is 15.5. The summed E-state index contributed by atoms with van der Waals surface area (Å²) in [6.07, 6.45) is 4.05. The van der Waals surface area contributed by atoms with Gasteiger partial charge in [-0.15, -0.1) is 0 Å². The topological polar surface area (TPSA) is 38.7 Å². The van der Waals surface area contributed by atoms with Gasteiger partial charge >= 0.3 is 0 Å². The number of isocyanates is 1. The molecule has 1 aliphatic rings. The average Bonchev–Trinajstić information content (AvgIpc) is 3.35. The van der Waals surface area contributed by atoms with Gasteiger partial charge in [0.15, 0.2) is 0 Å². The second kappa shape index (κ2) is 6.39. The smallest absolute Gasteiger partial charge is 0.240 e. The lowest BCUT2D eigenvalue weighted by Gasteiger charge is -2.15. The first-order valence-electron chi connectivity index (χ1n) is 8.00. The standard InChI is InChI=1S/C20H21NO2/c1-13-9-15(3)20(10-14(13)2)23-11-18-17(16-7-8-16)5-4-6-19(18)21-12-22/h4-6,9-10,16H,7-8,11H2,1-3H3. The number of nitrogens with zero attached hydrogens (tertiary/aromatic N) is 1. The third kappa shape index (κ3) is 3.35. The Bertz CT molecular complexity index is 784. The first-order chi connectivity index (χ1) is 11.1. The molecule has 0 aromatic heterocycles. The van der Waals surface area contributed by atoms with Crippen molar-refractivity contribution < 1.29 is 9.53 Å². The minimum Gasteiger partial charge on any atom is -0.489 e. The van der Waals surface area contributed by atoms with Crippen molar-refractivity contribution >= 4 is 11.8 Å². The van der Waals surface area contributed by atoms with Crippen LogP contribution >= 0.6 is 0 Å². The number of hydrogen-bond acceptors (Lipinski definition) is 3. The van der Waals surface area contributed by atoms with Gasteiger partial charge in [0.05, 0.1) is 5.69 Å². The highest BCUT2D eigenvalue weighted by Gasteiger charge is 2.27. The van der Waals surface area contributed by atoms with Crippen molar-refractivity contribution in [2.75, 3.05) is 0 Å². The van der Waals surface area contributed by atoms with Crippen molar-refractivity contribution in [2.24, 2.45) is 4.99 Å². The van der Waals surface area contributed by atoms with Gasteiger partial charge in [-0.1, -0.05) is 18.2 Å². The maximum atomic E-state index is 10.7. The van der Waals surface area contributed by atoms with Crippen LogP contribution in [-0.4, -0.2) is 6.08 Å². The van der Waals surface area contributed by atoms with Crippen LogP contribution < -0.4 is 4.74 Å². The first-order valence-corrected chi connectivity index (χ1v) is 8.00. The zero-order valence-corrected chi connectivity index (χ0v) is 13.8. The maximum absolute atomic E-state index is 10.7. The molecule has 0 heterocycles. The summed E-state index contributed by atoms with van der Waals surface area (Å²) in [5, 5.41) is 0. The van der Waals surface area contributed by atoms with Crippen LogP contribution in [0.25, 0.3) is 0 Å². The van der Waals surface area contributed by atoms with Crippen molar-refractivity contribution in [3.63, 3.8) is 0 Å². The molecule has 0 aliphatic heterocycles. The van der Waals surface area contributed by atoms with E-state index >= 15 is 0 Å². The van der Waals surface area contributed by atoms with E-state index in [9.17, 15) is 4.79 Å². The fourth-order valence-electron chi connectivity index (χ4n) is 2.92. The second-order valence-corrected chi connectivity index (χ2v) is 6.31. The quantitative estimate of drug-likeness (QED) is 0.573. The summed E-state index contributed by atoms with van der Waals surface area (Å²) in [6.45, 7) is 6.67. The van der Waals surface area contributed by atoms with E-state index in [2.05, 4.69) is 44.0 Å². The molecule has 0 atom stereocenters. The molecule has 0 amide bonds. The predicted octanol–water partition coefficient (Wildman–Crippen LogP) is 5.04. The monoisotopic (exact) mass is 307 g/mol. The molecule has 0 radical (unpaired) electrons. The molecule has 118 valence electrons. The van der Waals surface area contributed by atoms with Gasteiger partial charge in [0, 0.05) is 5.56 Å². The van der Waals surface area contributed by atoms with Crippen LogP contribution in [0.4, 0.5) is 5.69 Å². The second-order valence-electron chi connectivity index (χ2n) is 6.31. The molecule has 3 rings (SSSR count). The third-order valence-electron chi connectivity index (χ3n) is 4.53. The highest BCUT2D eigenvalue weighted by Crippen LogP contribution is 2.44. The summed E-state index contributed by atoms with van der Waals surface area (Å²) in [6, 6.07) is 10.1. The number of rotatable bonds is 5. The van der Waals surface area contributed by atoms with E-state index in [1.165, 1.54) is 29.5 Å². The van der Waals surface area contributed by atoms with Gasteiger partial charge < -0.3 is 4.74 Å². The lowest BCUT2D eigenvalue weighted by Crippen LogP contribution is -2.02. The summed E-state index contributed by atoms with van der Waals surface area (Å²) < 4.78 is 6.07. The maximum Gasteiger partial charge on any atom is 0.240 e. The van der Waals surface area contributed by atoms with Gasteiger partial charge in [-0.25, -0.2) is 4.79 Å². The van der Waals surface area contributed by atoms with Crippen LogP contribution in [0.2, 0.25) is 0 Å². The molecule has 1 fully saturated rings. The Morgan fingerprint density at radius 3 is 2.57 bits per heavy atom. The van der Waals surface area contributed by atoms with Crippen molar-refractivity contribution in [3.8, 4) is 5.75 Å². The SMILES string of the molecule is Cc1cc(C)c(OCc2c(N=C=O)cccc2C2CC2)cc1C. The fourth-order valence-corrected chi connectivity index (χ4v) is 2.92. The van der Waals surface area contributed by atoms with Gasteiger partial charge in [-0.3, -0.25) is 0 Å². The molecule has 0 N–H and O–H groups in total. The minimum absolute atomic E-state index is 0.427. The summed E-state index contributed by atoms with van der Waals surface area (Å²) in [7, 11) is 0. The molecule has 1 saturated carbocycles. The highest BCUT2D eigenvalue weighted by molar-refractivity contribution is 5.57. The summed E-state index contributed by atoms with van der Waals surface area (Å²) >= 11 is 0. The Balaban J connectivity index is 1.91. The molecular weight excluding hydrogens is 286 g/mol. The zero-order chi connectivity index (χ0) is 16.4. The number of ether oxygens (including phenoxy) is 1. The molecule has 23 heavy (non-hydrogen) atoms. The summed E-state index contributed by atoms with van der Waals surface area (Å²) in [5.74, 6) is 1.47. The Kier molecular flexibility index (Phi) is 4.31. The molecule has 0 spiro atoms. The van der Waals surface area contributed by atoms with Crippen LogP contribution in [0.15, 0.2) is 35.3 Å². The van der Waals surface area contributed by atoms with Crippen LogP contribution in [0.1, 0.15) is 46.6 Å². The zero-order valence-electron chi connectivity index (χ0n) is 13.8. The molecule has 0 bridgehead atoms. The Hall–Kier alpha value is -2.38. The van der Waals surface area contributed by atoms with E-state index in [1.54, 1.807) is 6.08 Å². The van der Waals surface area contributed by atoms with Crippen molar-refractivity contribution in [1.82, 2.24) is 0 Å². The van der Waals surface area contributed by atoms with E-state index in [-0.39, 0.29) is 0 Å². The van der Waals surface area contributed by atoms with Gasteiger partial charge in [-0.2, -0.15) is 4.99 Å². The van der Waals surface area contributed by atoms with Crippen LogP contribution in [-0.2, 0) is 11.4 Å². The number of benzene rings is 2. The minimum atomic E-state index is 0.427. The summed E-state index contributed by atoms with van der Waals surface area (Å²) in [5.41, 5.74) is 6.54. The summed E-state index contributed by atoms with van der Waals surface area (Å²) in [4.78, 5) is 14.6. The van der Waals surface area contributed by atoms with E-state index in [1.807, 2.05) is 12.1 Å². The number of aryl methyl sites for hydroxylation is 3. The van der Waals surface area contributed by atoms with E-state index in [0.29, 0.717) is 18.2 Å². The Morgan fingerprint density at radius 2 is 1.87 bits per heavy atom. The van der Waals surface area contributed by atoms with E-state index in [4.69, 9.17) is 4.74 Å². The average molecular weight is 307 g/mol. The lowest BCUT2D eigenvalue weighted by molar-refractivity contribution is 0.303. The Morgan fingerprint density at radius 1 is 1.13 bits per heavy atom. The molecular formula is C20H21NO2. The number of carbonyl (C=O) groups excluding carboxylic acids is 1. The molecule has 3 heteroatoms. The van der Waals surface area contributed by atoms with E-state index < -0.39 is 0 Å². The lowest BCUT2D eigenvalue weighted by atomic mass is 10.0. The van der Waals surface area contributed by atoms with Crippen LogP contribution in [0, 0.1) is 20.8 Å². The van der Waals surface area contributed by atoms with Gasteiger partial charge in [0.2, 0.25) is 6.08 Å². The van der Waals surface area contributed by atoms with Gasteiger partial charge in [0.1, 0.15) is 12.4 Å². The Labute approximate surface area is 137 Å². The molecule has 0 saturated heterocycles. The number of hydrogen-bond donors (Lipinski definition) is 0. The molecule has 2 aromatic carbocycles. The van der Waals surface area contributed by atoms with E-state index in [0.717, 1.165) is 16.9 Å². The van der Waals surface area contributed by atoms with Crippen LogP contribution in [0.3, 0.4) is 0 Å². The number of aliphatic imine (C=N–C) groups is 1. The highest BCUT2D eigenvalue weighted by atomic mass is 16.5. The molecule has 2 aromatic rings. The van der Waals surface area contributed by atoms with Crippen molar-refractivity contribution in [2.45, 2.75) is 46.1 Å². The third-order valence-corrected chi connectivity index (χ3v) is 4.53. The van der Waals surface area contributed by atoms with Crippen molar-refractivity contribution in [1.29, 1.82) is 0 Å². The van der Waals surface area contributed by atoms with Crippen molar-refractivity contribution in [3.05, 3.63) is 58.1 Å². The van der Waals surface area contributed by atoms with Gasteiger partial charge in [-0.05, 0) is 73.9 Å². The molecule has 3 nitrogen and oxygen atoms in total. The van der Waals surface area contributed by atoms with Crippen LogP contribution in [0.5, 0.6) is 5.75 Å². The largest absolute Gasteiger partial charge is 0.489 e. The van der Waals surface area contributed by atoms with Gasteiger partial charge in [0.25, 0.3) is 0 Å². The normalized spacial score (nSPS) is 13.5. The fraction of sp³-hybridized carbons (Fsp3) is 0.350. The molecule has 0 unspecified atom stereocenters. The predicted molar refractivity (Wildman–Crippen MR) is 91.2 cm³/mol.